The van der Waals surface area contributed by atoms with Crippen LogP contribution in [-0.4, -0.2) is 0 Å². The summed E-state index contributed by atoms with van der Waals surface area (Å²) in [6, 6.07) is 4.69. The molecule has 1 atom stereocenters. The highest BCUT2D eigenvalue weighted by Gasteiger charge is 2.12. The standard InChI is InChI=1S/C22H26/c1-16-8-12-20(13-9-16)17(2)10-11-19-14-18(3)22-7-5-4-6-21(22)15-19/h8,10-16H,2,4-7,9H2,1,3H3/b11-10+. The molecule has 1 aromatic rings. The molecule has 114 valence electrons. The minimum atomic E-state index is 0.656. The molecule has 0 saturated carbocycles. The molecule has 0 spiro atoms. The first-order valence-electron chi connectivity index (χ1n) is 8.51. The van der Waals surface area contributed by atoms with Gasteiger partial charge in [-0.2, -0.15) is 0 Å². The van der Waals surface area contributed by atoms with Crippen molar-refractivity contribution in [2.45, 2.75) is 46.0 Å². The zero-order valence-electron chi connectivity index (χ0n) is 13.9. The van der Waals surface area contributed by atoms with Gasteiger partial charge in [0.2, 0.25) is 0 Å². The van der Waals surface area contributed by atoms with Crippen molar-refractivity contribution >= 4 is 6.08 Å². The molecule has 0 N–H and O–H groups in total. The Bertz CT molecular complexity index is 668. The van der Waals surface area contributed by atoms with Crippen molar-refractivity contribution in [3.63, 3.8) is 0 Å². The maximum atomic E-state index is 4.22. The van der Waals surface area contributed by atoms with Gasteiger partial charge in [0.1, 0.15) is 0 Å². The molecule has 0 aliphatic heterocycles. The van der Waals surface area contributed by atoms with Crippen molar-refractivity contribution in [1.82, 2.24) is 0 Å². The summed E-state index contributed by atoms with van der Waals surface area (Å²) in [6.45, 7) is 8.72. The highest BCUT2D eigenvalue weighted by molar-refractivity contribution is 5.60. The first-order chi connectivity index (χ1) is 10.6. The summed E-state index contributed by atoms with van der Waals surface area (Å²) in [7, 11) is 0. The van der Waals surface area contributed by atoms with E-state index in [1.54, 1.807) is 11.1 Å². The Morgan fingerprint density at radius 3 is 2.82 bits per heavy atom. The Balaban J connectivity index is 1.77. The van der Waals surface area contributed by atoms with Crippen LogP contribution in [0.25, 0.3) is 6.08 Å². The molecule has 2 aliphatic carbocycles. The fraction of sp³-hybridized carbons (Fsp3) is 0.364. The van der Waals surface area contributed by atoms with Crippen molar-refractivity contribution in [3.8, 4) is 0 Å². The van der Waals surface area contributed by atoms with Gasteiger partial charge in [0.15, 0.2) is 0 Å². The predicted octanol–water partition coefficient (Wildman–Crippen LogP) is 5.97. The molecule has 0 radical (unpaired) electrons. The quantitative estimate of drug-likeness (QED) is 0.602. The maximum Gasteiger partial charge on any atom is -0.0224 e. The van der Waals surface area contributed by atoms with E-state index in [0.717, 1.165) is 12.0 Å². The number of rotatable bonds is 3. The van der Waals surface area contributed by atoms with Gasteiger partial charge in [-0.05, 0) is 78.3 Å². The summed E-state index contributed by atoms with van der Waals surface area (Å²) in [4.78, 5) is 0. The van der Waals surface area contributed by atoms with Crippen molar-refractivity contribution in [2.75, 3.05) is 0 Å². The molecular formula is C22H26. The van der Waals surface area contributed by atoms with Gasteiger partial charge in [-0.3, -0.25) is 0 Å². The van der Waals surface area contributed by atoms with Gasteiger partial charge in [-0.25, -0.2) is 0 Å². The van der Waals surface area contributed by atoms with E-state index in [0.29, 0.717) is 5.92 Å². The van der Waals surface area contributed by atoms with E-state index in [1.165, 1.54) is 42.4 Å². The Labute approximate surface area is 135 Å². The zero-order valence-corrected chi connectivity index (χ0v) is 13.9. The van der Waals surface area contributed by atoms with Gasteiger partial charge < -0.3 is 0 Å². The van der Waals surface area contributed by atoms with Gasteiger partial charge in [0.05, 0.1) is 0 Å². The highest BCUT2D eigenvalue weighted by atomic mass is 14.2. The molecular weight excluding hydrogens is 264 g/mol. The number of allylic oxidation sites excluding steroid dienone is 6. The molecule has 0 bridgehead atoms. The summed E-state index contributed by atoms with van der Waals surface area (Å²) in [5, 5.41) is 0. The van der Waals surface area contributed by atoms with Gasteiger partial charge in [0.25, 0.3) is 0 Å². The summed E-state index contributed by atoms with van der Waals surface area (Å²) in [5.74, 6) is 0.656. The van der Waals surface area contributed by atoms with Crippen LogP contribution in [0.5, 0.6) is 0 Å². The molecule has 22 heavy (non-hydrogen) atoms. The number of benzene rings is 1. The van der Waals surface area contributed by atoms with Gasteiger partial charge in [-0.15, -0.1) is 0 Å². The lowest BCUT2D eigenvalue weighted by molar-refractivity contribution is 0.682. The highest BCUT2D eigenvalue weighted by Crippen LogP contribution is 2.27. The molecule has 0 aromatic heterocycles. The first kappa shape index (κ1) is 15.1. The fourth-order valence-electron chi connectivity index (χ4n) is 3.47. The van der Waals surface area contributed by atoms with E-state index in [-0.39, 0.29) is 0 Å². The fourth-order valence-corrected chi connectivity index (χ4v) is 3.47. The Hall–Kier alpha value is -1.82. The smallest absolute Gasteiger partial charge is 0.0224 e. The third kappa shape index (κ3) is 3.32. The van der Waals surface area contributed by atoms with Crippen LogP contribution in [0.4, 0.5) is 0 Å². The molecule has 2 aliphatic rings. The molecule has 0 nitrogen and oxygen atoms in total. The largest absolute Gasteiger partial charge is 0.0912 e. The third-order valence-corrected chi connectivity index (χ3v) is 4.87. The molecule has 1 unspecified atom stereocenters. The topological polar surface area (TPSA) is 0 Å². The normalized spacial score (nSPS) is 20.8. The van der Waals surface area contributed by atoms with Crippen molar-refractivity contribution in [1.29, 1.82) is 0 Å². The number of hydrogen-bond donors (Lipinski definition) is 0. The van der Waals surface area contributed by atoms with Crippen LogP contribution in [-0.2, 0) is 12.8 Å². The molecule has 3 rings (SSSR count). The lowest BCUT2D eigenvalue weighted by Crippen LogP contribution is -2.05. The molecule has 1 aromatic carbocycles. The van der Waals surface area contributed by atoms with E-state index in [4.69, 9.17) is 0 Å². The minimum absolute atomic E-state index is 0.656. The zero-order chi connectivity index (χ0) is 15.5. The summed E-state index contributed by atoms with van der Waals surface area (Å²) < 4.78 is 0. The van der Waals surface area contributed by atoms with Crippen LogP contribution in [0.1, 0.15) is 48.4 Å². The van der Waals surface area contributed by atoms with E-state index in [1.807, 2.05) is 0 Å². The van der Waals surface area contributed by atoms with Crippen molar-refractivity contribution in [3.05, 3.63) is 76.4 Å². The number of fused-ring (bicyclic) bond motifs is 1. The second-order valence-corrected chi connectivity index (χ2v) is 6.77. The average molecular weight is 290 g/mol. The predicted molar refractivity (Wildman–Crippen MR) is 97.0 cm³/mol. The molecule has 0 heteroatoms. The molecule has 0 amide bonds. The van der Waals surface area contributed by atoms with E-state index in [9.17, 15) is 0 Å². The van der Waals surface area contributed by atoms with Gasteiger partial charge >= 0.3 is 0 Å². The Kier molecular flexibility index (Phi) is 4.47. The van der Waals surface area contributed by atoms with Crippen LogP contribution in [0, 0.1) is 12.8 Å². The lowest BCUT2D eigenvalue weighted by atomic mass is 9.87. The molecule has 0 fully saturated rings. The van der Waals surface area contributed by atoms with Crippen LogP contribution >= 0.6 is 0 Å². The van der Waals surface area contributed by atoms with Crippen LogP contribution in [0.15, 0.2) is 54.2 Å². The number of hydrogen-bond acceptors (Lipinski definition) is 0. The molecule has 0 heterocycles. The van der Waals surface area contributed by atoms with E-state index < -0.39 is 0 Å². The van der Waals surface area contributed by atoms with E-state index in [2.05, 4.69) is 62.9 Å². The maximum absolute atomic E-state index is 4.22. The number of aryl methyl sites for hydroxylation is 2. The first-order valence-corrected chi connectivity index (χ1v) is 8.51. The van der Waals surface area contributed by atoms with Crippen LogP contribution in [0.2, 0.25) is 0 Å². The van der Waals surface area contributed by atoms with Crippen LogP contribution in [0.3, 0.4) is 0 Å². The van der Waals surface area contributed by atoms with E-state index >= 15 is 0 Å². The third-order valence-electron chi connectivity index (χ3n) is 4.87. The summed E-state index contributed by atoms with van der Waals surface area (Å²) in [6.07, 6.45) is 17.5. The SMILES string of the molecule is C=C(/C=C/c1cc(C)c2c(c1)CCCC2)C1=CCC(C)C=C1. The van der Waals surface area contributed by atoms with Gasteiger partial charge in [-0.1, -0.05) is 56.0 Å². The second-order valence-electron chi connectivity index (χ2n) is 6.77. The second kappa shape index (κ2) is 6.52. The molecule has 0 saturated heterocycles. The lowest BCUT2D eigenvalue weighted by Gasteiger charge is -2.18. The van der Waals surface area contributed by atoms with Crippen molar-refractivity contribution in [2.24, 2.45) is 5.92 Å². The van der Waals surface area contributed by atoms with Crippen molar-refractivity contribution < 1.29 is 0 Å². The van der Waals surface area contributed by atoms with Gasteiger partial charge in [0, 0.05) is 0 Å². The summed E-state index contributed by atoms with van der Waals surface area (Å²) >= 11 is 0. The monoisotopic (exact) mass is 290 g/mol. The summed E-state index contributed by atoms with van der Waals surface area (Å²) in [5.41, 5.74) is 8.29. The van der Waals surface area contributed by atoms with Crippen LogP contribution < -0.4 is 0 Å². The minimum Gasteiger partial charge on any atom is -0.0912 e. The Morgan fingerprint density at radius 2 is 2.05 bits per heavy atom. The average Bonchev–Trinajstić information content (AvgIpc) is 2.53. The Morgan fingerprint density at radius 1 is 1.23 bits per heavy atom.